The molecule has 1 atom stereocenters. The van der Waals surface area contributed by atoms with E-state index in [1.54, 1.807) is 0 Å². The molecule has 1 fully saturated rings. The molecule has 19 heavy (non-hydrogen) atoms. The van der Waals surface area contributed by atoms with E-state index in [1.807, 2.05) is 0 Å². The van der Waals surface area contributed by atoms with Gasteiger partial charge in [0.2, 0.25) is 0 Å². The molecule has 2 rings (SSSR count). The van der Waals surface area contributed by atoms with E-state index >= 15 is 0 Å². The molecular weight excluding hydrogens is 249 g/mol. The van der Waals surface area contributed by atoms with E-state index in [4.69, 9.17) is 4.74 Å². The number of carbonyl (C=O) groups excluding carboxylic acids is 1. The Hall–Kier alpha value is -1.62. The maximum Gasteiger partial charge on any atom is 0.337 e. The van der Waals surface area contributed by atoms with E-state index < -0.39 is 5.97 Å². The van der Waals surface area contributed by atoms with Crippen LogP contribution in [-0.4, -0.2) is 32.8 Å². The first kappa shape index (κ1) is 13.8. The number of benzene rings is 1. The Morgan fingerprint density at radius 1 is 1.58 bits per heavy atom. The second-order valence-corrected chi connectivity index (χ2v) is 4.65. The Bertz CT molecular complexity index is 444. The minimum atomic E-state index is -0.468. The molecule has 5 heteroatoms. The van der Waals surface area contributed by atoms with E-state index in [9.17, 15) is 9.18 Å². The van der Waals surface area contributed by atoms with E-state index in [-0.39, 0.29) is 5.82 Å². The summed E-state index contributed by atoms with van der Waals surface area (Å²) in [6.45, 7) is 2.15. The van der Waals surface area contributed by atoms with Gasteiger partial charge in [-0.1, -0.05) is 0 Å². The third-order valence-corrected chi connectivity index (χ3v) is 3.22. The van der Waals surface area contributed by atoms with Crippen molar-refractivity contribution in [2.24, 2.45) is 5.92 Å². The molecule has 1 aromatic carbocycles. The fourth-order valence-electron chi connectivity index (χ4n) is 2.13. The van der Waals surface area contributed by atoms with Crippen LogP contribution in [0.3, 0.4) is 0 Å². The lowest BCUT2D eigenvalue weighted by atomic mass is 10.0. The molecule has 0 radical (unpaired) electrons. The molecule has 0 spiro atoms. The summed E-state index contributed by atoms with van der Waals surface area (Å²) in [4.78, 5) is 11.4. The van der Waals surface area contributed by atoms with Gasteiger partial charge < -0.3 is 14.8 Å². The minimum Gasteiger partial charge on any atom is -0.465 e. The second-order valence-electron chi connectivity index (χ2n) is 4.65. The number of rotatable bonds is 4. The number of nitrogens with one attached hydrogen (secondary N) is 1. The Kier molecular flexibility index (Phi) is 4.74. The quantitative estimate of drug-likeness (QED) is 0.851. The highest BCUT2D eigenvalue weighted by Gasteiger charge is 2.15. The van der Waals surface area contributed by atoms with Crippen molar-refractivity contribution in [3.8, 4) is 0 Å². The minimum absolute atomic E-state index is 0.327. The number of hydrogen-bond donors (Lipinski definition) is 1. The average Bonchev–Trinajstić information content (AvgIpc) is 2.46. The first-order valence-corrected chi connectivity index (χ1v) is 6.40. The predicted molar refractivity (Wildman–Crippen MR) is 69.8 cm³/mol. The van der Waals surface area contributed by atoms with Crippen molar-refractivity contribution < 1.29 is 18.7 Å². The molecule has 0 saturated carbocycles. The van der Waals surface area contributed by atoms with Crippen LogP contribution in [-0.2, 0) is 9.47 Å². The van der Waals surface area contributed by atoms with Crippen molar-refractivity contribution >= 4 is 11.7 Å². The molecule has 104 valence electrons. The van der Waals surface area contributed by atoms with Gasteiger partial charge in [0.05, 0.1) is 25.0 Å². The average molecular weight is 267 g/mol. The van der Waals surface area contributed by atoms with Gasteiger partial charge in [-0.15, -0.1) is 0 Å². The van der Waals surface area contributed by atoms with Crippen molar-refractivity contribution in [3.05, 3.63) is 29.6 Å². The van der Waals surface area contributed by atoms with Crippen LogP contribution < -0.4 is 5.32 Å². The number of carbonyl (C=O) groups is 1. The van der Waals surface area contributed by atoms with Gasteiger partial charge in [-0.25, -0.2) is 9.18 Å². The zero-order chi connectivity index (χ0) is 13.7. The number of esters is 1. The van der Waals surface area contributed by atoms with Gasteiger partial charge in [0, 0.05) is 13.2 Å². The maximum atomic E-state index is 13.6. The number of anilines is 1. The van der Waals surface area contributed by atoms with Crippen LogP contribution in [0.4, 0.5) is 10.1 Å². The Morgan fingerprint density at radius 2 is 2.42 bits per heavy atom. The van der Waals surface area contributed by atoms with Crippen LogP contribution in [0.1, 0.15) is 23.2 Å². The van der Waals surface area contributed by atoms with Crippen LogP contribution in [0.15, 0.2) is 18.2 Å². The van der Waals surface area contributed by atoms with Gasteiger partial charge in [-0.3, -0.25) is 0 Å². The van der Waals surface area contributed by atoms with Crippen LogP contribution in [0.5, 0.6) is 0 Å². The molecule has 1 unspecified atom stereocenters. The zero-order valence-electron chi connectivity index (χ0n) is 10.9. The lowest BCUT2D eigenvalue weighted by Crippen LogP contribution is -2.24. The third-order valence-electron chi connectivity index (χ3n) is 3.22. The monoisotopic (exact) mass is 267 g/mol. The van der Waals surface area contributed by atoms with Crippen LogP contribution in [0.2, 0.25) is 0 Å². The number of methoxy groups -OCH3 is 1. The van der Waals surface area contributed by atoms with Gasteiger partial charge in [-0.05, 0) is 37.0 Å². The molecule has 1 aliphatic heterocycles. The molecule has 1 saturated heterocycles. The van der Waals surface area contributed by atoms with Crippen molar-refractivity contribution in [2.75, 3.05) is 32.2 Å². The van der Waals surface area contributed by atoms with Crippen LogP contribution in [0.25, 0.3) is 0 Å². The van der Waals surface area contributed by atoms with Crippen molar-refractivity contribution in [1.29, 1.82) is 0 Å². The third kappa shape index (κ3) is 3.67. The first-order valence-electron chi connectivity index (χ1n) is 6.40. The lowest BCUT2D eigenvalue weighted by molar-refractivity contribution is 0.0592. The highest BCUT2D eigenvalue weighted by Crippen LogP contribution is 2.19. The van der Waals surface area contributed by atoms with Gasteiger partial charge in [-0.2, -0.15) is 0 Å². The standard InChI is InChI=1S/C14H18FNO3/c1-18-14(17)11-4-5-12(15)13(7-11)16-8-10-3-2-6-19-9-10/h4-5,7,10,16H,2-3,6,8-9H2,1H3. The van der Waals surface area contributed by atoms with E-state index in [2.05, 4.69) is 10.1 Å². The van der Waals surface area contributed by atoms with Crippen molar-refractivity contribution in [1.82, 2.24) is 0 Å². The number of ether oxygens (including phenoxy) is 2. The summed E-state index contributed by atoms with van der Waals surface area (Å²) in [5.41, 5.74) is 0.666. The molecular formula is C14H18FNO3. The smallest absolute Gasteiger partial charge is 0.337 e. The van der Waals surface area contributed by atoms with Gasteiger partial charge in [0.1, 0.15) is 5.82 Å². The molecule has 1 N–H and O–H groups in total. The molecule has 0 aliphatic carbocycles. The van der Waals surface area contributed by atoms with Crippen molar-refractivity contribution in [3.63, 3.8) is 0 Å². The zero-order valence-corrected chi connectivity index (χ0v) is 10.9. The summed E-state index contributed by atoms with van der Waals surface area (Å²) < 4.78 is 23.6. The highest BCUT2D eigenvalue weighted by atomic mass is 19.1. The summed E-state index contributed by atoms with van der Waals surface area (Å²) in [6, 6.07) is 4.16. The summed E-state index contributed by atoms with van der Waals surface area (Å²) >= 11 is 0. The molecule has 0 bridgehead atoms. The molecule has 0 aromatic heterocycles. The summed E-state index contributed by atoms with van der Waals surface area (Å²) in [7, 11) is 1.30. The van der Waals surface area contributed by atoms with Gasteiger partial charge >= 0.3 is 5.97 Å². The largest absolute Gasteiger partial charge is 0.465 e. The summed E-state index contributed by atoms with van der Waals surface area (Å²) in [5.74, 6) is -0.455. The lowest BCUT2D eigenvalue weighted by Gasteiger charge is -2.22. The van der Waals surface area contributed by atoms with Gasteiger partial charge in [0.25, 0.3) is 0 Å². The molecule has 4 nitrogen and oxygen atoms in total. The summed E-state index contributed by atoms with van der Waals surface area (Å²) in [5, 5.41) is 3.04. The Morgan fingerprint density at radius 3 is 3.11 bits per heavy atom. The van der Waals surface area contributed by atoms with E-state index in [1.165, 1.54) is 25.3 Å². The first-order chi connectivity index (χ1) is 9.20. The molecule has 1 aliphatic rings. The normalized spacial score (nSPS) is 18.9. The summed E-state index contributed by atoms with van der Waals surface area (Å²) in [6.07, 6.45) is 2.11. The Balaban J connectivity index is 2.00. The maximum absolute atomic E-state index is 13.6. The second kappa shape index (κ2) is 6.52. The molecule has 1 aromatic rings. The molecule has 0 amide bonds. The van der Waals surface area contributed by atoms with Crippen molar-refractivity contribution in [2.45, 2.75) is 12.8 Å². The van der Waals surface area contributed by atoms with Gasteiger partial charge in [0.15, 0.2) is 0 Å². The topological polar surface area (TPSA) is 47.6 Å². The molecule has 1 heterocycles. The Labute approximate surface area is 111 Å². The fourth-order valence-corrected chi connectivity index (χ4v) is 2.13. The fraction of sp³-hybridized carbons (Fsp3) is 0.500. The van der Waals surface area contributed by atoms with Crippen LogP contribution >= 0.6 is 0 Å². The number of hydrogen-bond acceptors (Lipinski definition) is 4. The van der Waals surface area contributed by atoms with E-state index in [0.29, 0.717) is 30.3 Å². The predicted octanol–water partition coefficient (Wildman–Crippen LogP) is 2.45. The van der Waals surface area contributed by atoms with E-state index in [0.717, 1.165) is 19.4 Å². The SMILES string of the molecule is COC(=O)c1ccc(F)c(NCC2CCCOC2)c1. The highest BCUT2D eigenvalue weighted by molar-refractivity contribution is 5.90. The van der Waals surface area contributed by atoms with Crippen LogP contribution in [0, 0.1) is 11.7 Å². The number of halogens is 1.